The first-order valence-corrected chi connectivity index (χ1v) is 10.5. The van der Waals surface area contributed by atoms with Crippen molar-refractivity contribution in [2.45, 2.75) is 11.4 Å². The van der Waals surface area contributed by atoms with Crippen molar-refractivity contribution in [2.24, 2.45) is 0 Å². The van der Waals surface area contributed by atoms with Gasteiger partial charge in [-0.05, 0) is 48.0 Å². The summed E-state index contributed by atoms with van der Waals surface area (Å²) in [4.78, 5) is 32.9. The van der Waals surface area contributed by atoms with Crippen LogP contribution in [0.4, 0.5) is 5.69 Å². The Morgan fingerprint density at radius 3 is 2.73 bits per heavy atom. The topological polar surface area (TPSA) is 62.3 Å². The van der Waals surface area contributed by atoms with E-state index in [1.165, 1.54) is 16.7 Å². The molecule has 4 rings (SSSR count). The zero-order valence-corrected chi connectivity index (χ0v) is 17.5. The fourth-order valence-electron chi connectivity index (χ4n) is 3.06. The fraction of sp³-hybridized carbons (Fsp3) is 0.0870. The van der Waals surface area contributed by atoms with Crippen LogP contribution in [0.15, 0.2) is 82.7 Å². The summed E-state index contributed by atoms with van der Waals surface area (Å²) in [6.45, 7) is 0.236. The van der Waals surface area contributed by atoms with E-state index in [1.54, 1.807) is 24.4 Å². The summed E-state index contributed by atoms with van der Waals surface area (Å²) in [6.07, 6.45) is 3.48. The molecule has 0 atom stereocenters. The van der Waals surface area contributed by atoms with Crippen molar-refractivity contribution in [1.82, 2.24) is 10.3 Å². The molecule has 7 heteroatoms. The summed E-state index contributed by atoms with van der Waals surface area (Å²) in [5.74, 6) is -0.468. The summed E-state index contributed by atoms with van der Waals surface area (Å²) in [5, 5.41) is 3.43. The van der Waals surface area contributed by atoms with Gasteiger partial charge in [-0.3, -0.25) is 19.5 Å². The number of carbonyl (C=O) groups excluding carboxylic acids is 2. The van der Waals surface area contributed by atoms with E-state index in [-0.39, 0.29) is 18.4 Å². The Bertz CT molecular complexity index is 1120. The maximum atomic E-state index is 13.2. The molecule has 2 aromatic carbocycles. The maximum Gasteiger partial charge on any atom is 0.265 e. The summed E-state index contributed by atoms with van der Waals surface area (Å²) in [5.41, 5.74) is 2.31. The van der Waals surface area contributed by atoms with E-state index in [1.807, 2.05) is 54.6 Å². The highest BCUT2D eigenvalue weighted by Gasteiger charge is 2.30. The number of rotatable bonds is 5. The third kappa shape index (κ3) is 4.72. The Morgan fingerprint density at radius 2 is 1.93 bits per heavy atom. The highest BCUT2D eigenvalue weighted by molar-refractivity contribution is 8.04. The molecule has 0 radical (unpaired) electrons. The van der Waals surface area contributed by atoms with Crippen LogP contribution in [0.25, 0.3) is 6.08 Å². The smallest absolute Gasteiger partial charge is 0.265 e. The molecule has 1 aliphatic rings. The number of pyridine rings is 1. The number of carbonyl (C=O) groups is 2. The standard InChI is InChI=1S/C23H18ClN3O2S/c24-17-7-5-6-16(12-17)13-21-23(29)27(19-9-1-2-10-20(19)30-21)15-22(28)26-14-18-8-3-4-11-25-18/h1-13H,14-15H2,(H,26,28)/b21-13-. The van der Waals surface area contributed by atoms with Crippen molar-refractivity contribution in [3.05, 3.63) is 94.1 Å². The molecule has 150 valence electrons. The SMILES string of the molecule is O=C(CN1C(=O)/C(=C/c2cccc(Cl)c2)Sc2ccccc21)NCc1ccccn1. The summed E-state index contributed by atoms with van der Waals surface area (Å²) >= 11 is 7.47. The van der Waals surface area contributed by atoms with Crippen LogP contribution < -0.4 is 10.2 Å². The molecule has 1 aliphatic heterocycles. The lowest BCUT2D eigenvalue weighted by atomic mass is 10.2. The van der Waals surface area contributed by atoms with Crippen LogP contribution in [0.1, 0.15) is 11.3 Å². The Hall–Kier alpha value is -3.09. The predicted molar refractivity (Wildman–Crippen MR) is 120 cm³/mol. The first kappa shape index (κ1) is 20.2. The number of anilines is 1. The van der Waals surface area contributed by atoms with Crippen molar-refractivity contribution in [1.29, 1.82) is 0 Å². The van der Waals surface area contributed by atoms with E-state index in [9.17, 15) is 9.59 Å². The number of hydrogen-bond donors (Lipinski definition) is 1. The van der Waals surface area contributed by atoms with Gasteiger partial charge in [-0.1, -0.05) is 53.7 Å². The second-order valence-corrected chi connectivity index (χ2v) is 8.14. The van der Waals surface area contributed by atoms with Crippen LogP contribution in [0.2, 0.25) is 5.02 Å². The molecule has 2 amide bonds. The third-order valence-corrected chi connectivity index (χ3v) is 5.79. The largest absolute Gasteiger partial charge is 0.349 e. The maximum absolute atomic E-state index is 13.2. The third-order valence-electron chi connectivity index (χ3n) is 4.47. The van der Waals surface area contributed by atoms with Crippen molar-refractivity contribution >= 4 is 46.9 Å². The number of halogens is 1. The minimum atomic E-state index is -0.252. The number of hydrogen-bond acceptors (Lipinski definition) is 4. The molecule has 1 N–H and O–H groups in total. The summed E-state index contributed by atoms with van der Waals surface area (Å²) < 4.78 is 0. The molecule has 0 spiro atoms. The highest BCUT2D eigenvalue weighted by atomic mass is 35.5. The number of para-hydroxylation sites is 1. The zero-order valence-electron chi connectivity index (χ0n) is 15.9. The van der Waals surface area contributed by atoms with E-state index in [4.69, 9.17) is 11.6 Å². The number of nitrogens with one attached hydrogen (secondary N) is 1. The van der Waals surface area contributed by atoms with Crippen molar-refractivity contribution < 1.29 is 9.59 Å². The minimum Gasteiger partial charge on any atom is -0.349 e. The molecule has 0 saturated carbocycles. The summed E-state index contributed by atoms with van der Waals surface area (Å²) in [7, 11) is 0. The number of benzene rings is 2. The van der Waals surface area contributed by atoms with Crippen molar-refractivity contribution in [3.63, 3.8) is 0 Å². The van der Waals surface area contributed by atoms with Gasteiger partial charge in [0.05, 0.1) is 22.8 Å². The van der Waals surface area contributed by atoms with Crippen molar-refractivity contribution in [2.75, 3.05) is 11.4 Å². The van der Waals surface area contributed by atoms with Gasteiger partial charge in [0.25, 0.3) is 5.91 Å². The van der Waals surface area contributed by atoms with E-state index in [0.717, 1.165) is 21.8 Å². The lowest BCUT2D eigenvalue weighted by molar-refractivity contribution is -0.122. The van der Waals surface area contributed by atoms with Gasteiger partial charge in [0.1, 0.15) is 6.54 Å². The fourth-order valence-corrected chi connectivity index (χ4v) is 4.32. The molecule has 0 fully saturated rings. The zero-order chi connectivity index (χ0) is 20.9. The minimum absolute atomic E-state index is 0.0733. The Labute approximate surface area is 183 Å². The average Bonchev–Trinajstić information content (AvgIpc) is 2.76. The summed E-state index contributed by atoms with van der Waals surface area (Å²) in [6, 6.07) is 20.4. The second-order valence-electron chi connectivity index (χ2n) is 6.62. The molecule has 1 aromatic heterocycles. The molecule has 0 bridgehead atoms. The van der Waals surface area contributed by atoms with E-state index >= 15 is 0 Å². The molecule has 0 aliphatic carbocycles. The van der Waals surface area contributed by atoms with Crippen LogP contribution >= 0.6 is 23.4 Å². The molecular formula is C23H18ClN3O2S. The first-order chi connectivity index (χ1) is 14.6. The van der Waals surface area contributed by atoms with Gasteiger partial charge in [0.15, 0.2) is 0 Å². The number of nitrogens with zero attached hydrogens (tertiary/aromatic N) is 2. The Morgan fingerprint density at radius 1 is 1.10 bits per heavy atom. The van der Waals surface area contributed by atoms with Crippen LogP contribution in [0.3, 0.4) is 0 Å². The molecule has 5 nitrogen and oxygen atoms in total. The molecule has 0 unspecified atom stereocenters. The normalized spacial score (nSPS) is 14.5. The molecule has 30 heavy (non-hydrogen) atoms. The van der Waals surface area contributed by atoms with Gasteiger partial charge in [0.2, 0.25) is 5.91 Å². The van der Waals surface area contributed by atoms with Gasteiger partial charge in [-0.2, -0.15) is 0 Å². The number of amides is 2. The number of thioether (sulfide) groups is 1. The number of aromatic nitrogens is 1. The van der Waals surface area contributed by atoms with Crippen molar-refractivity contribution in [3.8, 4) is 0 Å². The molecular weight excluding hydrogens is 418 g/mol. The lowest BCUT2D eigenvalue weighted by Gasteiger charge is -2.29. The van der Waals surface area contributed by atoms with Gasteiger partial charge in [-0.15, -0.1) is 0 Å². The van der Waals surface area contributed by atoms with Gasteiger partial charge in [-0.25, -0.2) is 0 Å². The van der Waals surface area contributed by atoms with E-state index < -0.39 is 0 Å². The average molecular weight is 436 g/mol. The van der Waals surface area contributed by atoms with Crippen LogP contribution in [-0.2, 0) is 16.1 Å². The second kappa shape index (κ2) is 9.15. The molecule has 0 saturated heterocycles. The van der Waals surface area contributed by atoms with Crippen LogP contribution in [0, 0.1) is 0 Å². The van der Waals surface area contributed by atoms with Gasteiger partial charge >= 0.3 is 0 Å². The Balaban J connectivity index is 1.56. The Kier molecular flexibility index (Phi) is 6.16. The quantitative estimate of drug-likeness (QED) is 0.598. The van der Waals surface area contributed by atoms with Gasteiger partial charge < -0.3 is 5.32 Å². The lowest BCUT2D eigenvalue weighted by Crippen LogP contribution is -2.42. The highest BCUT2D eigenvalue weighted by Crippen LogP contribution is 2.41. The van der Waals surface area contributed by atoms with Crippen LogP contribution in [0.5, 0.6) is 0 Å². The van der Waals surface area contributed by atoms with E-state index in [2.05, 4.69) is 10.3 Å². The van der Waals surface area contributed by atoms with Gasteiger partial charge in [0, 0.05) is 16.1 Å². The number of fused-ring (bicyclic) bond motifs is 1. The molecule has 3 aromatic rings. The van der Waals surface area contributed by atoms with Crippen LogP contribution in [-0.4, -0.2) is 23.3 Å². The van der Waals surface area contributed by atoms with E-state index in [0.29, 0.717) is 16.5 Å². The first-order valence-electron chi connectivity index (χ1n) is 9.33. The monoisotopic (exact) mass is 435 g/mol. The molecule has 2 heterocycles. The predicted octanol–water partition coefficient (Wildman–Crippen LogP) is 4.53.